The van der Waals surface area contributed by atoms with Gasteiger partial charge in [-0.1, -0.05) is 0 Å². The lowest BCUT2D eigenvalue weighted by atomic mass is 9.99. The molecule has 2 fully saturated rings. The van der Waals surface area contributed by atoms with Crippen LogP contribution in [0.3, 0.4) is 0 Å². The van der Waals surface area contributed by atoms with Gasteiger partial charge in [0.25, 0.3) is 0 Å². The first-order chi connectivity index (χ1) is 18.0. The summed E-state index contributed by atoms with van der Waals surface area (Å²) in [6.07, 6.45) is -11.5. The summed E-state index contributed by atoms with van der Waals surface area (Å²) < 4.78 is 11.0. The van der Waals surface area contributed by atoms with Crippen molar-refractivity contribution in [1.29, 1.82) is 0 Å². The molecule has 0 saturated carbocycles. The van der Waals surface area contributed by atoms with Crippen LogP contribution in [0.15, 0.2) is 0 Å². The van der Waals surface area contributed by atoms with Crippen molar-refractivity contribution in [3.8, 4) is 0 Å². The fourth-order valence-electron chi connectivity index (χ4n) is 4.55. The molecule has 0 aliphatic carbocycles. The first-order valence-corrected chi connectivity index (χ1v) is 12.9. The predicted molar refractivity (Wildman–Crippen MR) is 130 cm³/mol. The average Bonchev–Trinajstić information content (AvgIpc) is 2.84. The van der Waals surface area contributed by atoms with E-state index < -0.39 is 56.2 Å². The number of rotatable bonds is 11. The highest BCUT2D eigenvalue weighted by Gasteiger charge is 2.44. The number of aliphatic hydroxyl groups excluding tert-OH is 7. The van der Waals surface area contributed by atoms with Crippen molar-refractivity contribution in [3.05, 3.63) is 0 Å². The van der Waals surface area contributed by atoms with Gasteiger partial charge in [0.05, 0.1) is 13.2 Å². The summed E-state index contributed by atoms with van der Waals surface area (Å²) in [6.45, 7) is 3.33. The molecule has 38 heavy (non-hydrogen) atoms. The summed E-state index contributed by atoms with van der Waals surface area (Å²) in [6, 6.07) is 0. The highest BCUT2D eigenvalue weighted by Crippen LogP contribution is 2.21. The quantitative estimate of drug-likeness (QED) is 0.106. The van der Waals surface area contributed by atoms with Gasteiger partial charge in [0.1, 0.15) is 24.4 Å². The van der Waals surface area contributed by atoms with E-state index in [4.69, 9.17) is 9.47 Å². The van der Waals surface area contributed by atoms with Crippen LogP contribution in [-0.4, -0.2) is 212 Å². The maximum absolute atomic E-state index is 10.2. The van der Waals surface area contributed by atoms with Gasteiger partial charge in [0.2, 0.25) is 0 Å². The molecule has 5 atom stereocenters. The second kappa shape index (κ2) is 17.2. The smallest absolute Gasteiger partial charge is 0.186 e. The SMILES string of the molecule is OCC1O[C@@H](OCCN2CCN(CC(O)O)CCN(CC(O)O)CCN(CC(O)O)CC2)C(O)[C@@H](O)[C@H]1O. The van der Waals surface area contributed by atoms with Crippen molar-refractivity contribution in [3.63, 3.8) is 0 Å². The second-order valence-corrected chi connectivity index (χ2v) is 9.75. The first kappa shape index (κ1) is 33.6. The van der Waals surface area contributed by atoms with Gasteiger partial charge in [0.15, 0.2) is 25.2 Å². The third kappa shape index (κ3) is 11.8. The third-order valence-electron chi connectivity index (χ3n) is 6.73. The molecule has 0 radical (unpaired) electrons. The Kier molecular flexibility index (Phi) is 15.2. The third-order valence-corrected chi connectivity index (χ3v) is 6.73. The monoisotopic (exact) mass is 558 g/mol. The zero-order valence-electron chi connectivity index (χ0n) is 21.6. The molecule has 2 aliphatic rings. The molecule has 0 aromatic carbocycles. The molecule has 2 unspecified atom stereocenters. The Labute approximate surface area is 222 Å². The van der Waals surface area contributed by atoms with Crippen molar-refractivity contribution in [2.24, 2.45) is 0 Å². The van der Waals surface area contributed by atoms with Gasteiger partial charge in [-0.25, -0.2) is 0 Å². The normalized spacial score (nSPS) is 30.7. The van der Waals surface area contributed by atoms with Crippen LogP contribution in [0, 0.1) is 0 Å². The van der Waals surface area contributed by atoms with Crippen LogP contribution >= 0.6 is 0 Å². The van der Waals surface area contributed by atoms with Crippen LogP contribution < -0.4 is 0 Å². The highest BCUT2D eigenvalue weighted by atomic mass is 16.7. The number of ether oxygens (including phenoxy) is 2. The maximum atomic E-state index is 10.2. The van der Waals surface area contributed by atoms with Gasteiger partial charge in [-0.3, -0.25) is 19.6 Å². The lowest BCUT2D eigenvalue weighted by molar-refractivity contribution is -0.301. The largest absolute Gasteiger partial charge is 0.394 e. The summed E-state index contributed by atoms with van der Waals surface area (Å²) in [5, 5.41) is 96.4. The van der Waals surface area contributed by atoms with Gasteiger partial charge >= 0.3 is 0 Å². The van der Waals surface area contributed by atoms with E-state index in [1.807, 2.05) is 19.6 Å². The van der Waals surface area contributed by atoms with Gasteiger partial charge in [-0.15, -0.1) is 0 Å². The van der Waals surface area contributed by atoms with E-state index in [2.05, 4.69) is 0 Å². The molecular formula is C22H46N4O12. The number of hydrogen-bond donors (Lipinski definition) is 10. The molecule has 2 heterocycles. The van der Waals surface area contributed by atoms with Crippen LogP contribution in [0.4, 0.5) is 0 Å². The zero-order chi connectivity index (χ0) is 28.2. The van der Waals surface area contributed by atoms with Crippen molar-refractivity contribution >= 4 is 0 Å². The van der Waals surface area contributed by atoms with E-state index in [1.165, 1.54) is 0 Å². The summed E-state index contributed by atoms with van der Waals surface area (Å²) in [5.74, 6) is 0. The Morgan fingerprint density at radius 2 is 1.00 bits per heavy atom. The molecule has 0 aromatic rings. The fourth-order valence-corrected chi connectivity index (χ4v) is 4.55. The van der Waals surface area contributed by atoms with Gasteiger partial charge < -0.3 is 60.5 Å². The minimum Gasteiger partial charge on any atom is -0.394 e. The predicted octanol–water partition coefficient (Wildman–Crippen LogP) is -7.04. The molecule has 10 N–H and O–H groups in total. The molecule has 0 amide bonds. The Bertz CT molecular complexity index is 609. The minimum atomic E-state index is -1.55. The standard InChI is InChI=1S/C22H46N4O12/c27-14-15-19(34)20(35)21(36)22(38-15)37-10-9-23-1-3-24(11-16(28)29)5-7-26(13-18(32)33)8-6-25(4-2-23)12-17(30)31/h15-22,27-36H,1-14H2/t15?,19-,20-,21?,22+/m0/s1. The van der Waals surface area contributed by atoms with Gasteiger partial charge in [-0.05, 0) is 0 Å². The molecule has 16 heteroatoms. The second-order valence-electron chi connectivity index (χ2n) is 9.75. The molecule has 226 valence electrons. The van der Waals surface area contributed by atoms with Crippen molar-refractivity contribution in [2.75, 3.05) is 91.8 Å². The van der Waals surface area contributed by atoms with Crippen molar-refractivity contribution in [2.45, 2.75) is 49.6 Å². The average molecular weight is 559 g/mol. The summed E-state index contributed by atoms with van der Waals surface area (Å²) in [4.78, 5) is 7.49. The molecule has 0 spiro atoms. The highest BCUT2D eigenvalue weighted by molar-refractivity contribution is 4.89. The van der Waals surface area contributed by atoms with Crippen LogP contribution in [0.1, 0.15) is 0 Å². The summed E-state index contributed by atoms with van der Waals surface area (Å²) >= 11 is 0. The molecule has 0 aromatic heterocycles. The molecule has 16 nitrogen and oxygen atoms in total. The topological polar surface area (TPSA) is 234 Å². The van der Waals surface area contributed by atoms with Gasteiger partial charge in [0, 0.05) is 78.5 Å². The number of hydrogen-bond acceptors (Lipinski definition) is 16. The Morgan fingerprint density at radius 3 is 1.37 bits per heavy atom. The first-order valence-electron chi connectivity index (χ1n) is 12.9. The van der Waals surface area contributed by atoms with E-state index in [-0.39, 0.29) is 26.2 Å². The van der Waals surface area contributed by atoms with Crippen LogP contribution in [0.5, 0.6) is 0 Å². The fraction of sp³-hybridized carbons (Fsp3) is 1.00. The Balaban J connectivity index is 2.03. The molecule has 2 saturated heterocycles. The lowest BCUT2D eigenvalue weighted by Gasteiger charge is -2.40. The van der Waals surface area contributed by atoms with Crippen LogP contribution in [0.25, 0.3) is 0 Å². The van der Waals surface area contributed by atoms with Crippen LogP contribution in [0.2, 0.25) is 0 Å². The maximum Gasteiger partial charge on any atom is 0.186 e. The van der Waals surface area contributed by atoms with E-state index in [1.54, 1.807) is 0 Å². The summed E-state index contributed by atoms with van der Waals surface area (Å²) in [7, 11) is 0. The molecule has 2 aliphatic heterocycles. The number of aliphatic hydroxyl groups is 10. The van der Waals surface area contributed by atoms with Crippen molar-refractivity contribution in [1.82, 2.24) is 19.6 Å². The zero-order valence-corrected chi connectivity index (χ0v) is 21.6. The van der Waals surface area contributed by atoms with E-state index in [0.717, 1.165) is 0 Å². The number of β-amino-alcohol motifs (C(OH)–C–C–N with tert-alkyl or cyclic N) is 6. The van der Waals surface area contributed by atoms with Crippen molar-refractivity contribution < 1.29 is 60.5 Å². The van der Waals surface area contributed by atoms with Gasteiger partial charge in [-0.2, -0.15) is 0 Å². The Morgan fingerprint density at radius 1 is 0.605 bits per heavy atom. The van der Waals surface area contributed by atoms with Crippen LogP contribution in [-0.2, 0) is 9.47 Å². The lowest BCUT2D eigenvalue weighted by Crippen LogP contribution is -2.59. The molecule has 0 bridgehead atoms. The Hall–Kier alpha value is -0.640. The number of nitrogens with zero attached hydrogens (tertiary/aromatic N) is 4. The van der Waals surface area contributed by atoms with E-state index in [0.29, 0.717) is 58.9 Å². The summed E-state index contributed by atoms with van der Waals surface area (Å²) in [5.41, 5.74) is 0. The van der Waals surface area contributed by atoms with E-state index in [9.17, 15) is 51.1 Å². The minimum absolute atomic E-state index is 0.00639. The van der Waals surface area contributed by atoms with E-state index >= 15 is 0 Å². The molecular weight excluding hydrogens is 512 g/mol. The molecule has 2 rings (SSSR count).